The van der Waals surface area contributed by atoms with Gasteiger partial charge in [0.25, 0.3) is 0 Å². The van der Waals surface area contributed by atoms with Gasteiger partial charge in [0, 0.05) is 38.8 Å². The van der Waals surface area contributed by atoms with E-state index >= 15 is 0 Å². The summed E-state index contributed by atoms with van der Waals surface area (Å²) in [6, 6.07) is 0.322. The molecule has 1 aliphatic heterocycles. The lowest BCUT2D eigenvalue weighted by Gasteiger charge is -2.34. The minimum absolute atomic E-state index is 0.0769. The average Bonchev–Trinajstić information content (AvgIpc) is 2.43. The van der Waals surface area contributed by atoms with Crippen LogP contribution in [0.5, 0.6) is 0 Å². The van der Waals surface area contributed by atoms with Crippen LogP contribution in [-0.4, -0.2) is 73.5 Å². The topological polar surface area (TPSA) is 64.7 Å². The van der Waals surface area contributed by atoms with Gasteiger partial charge in [-0.2, -0.15) is 0 Å². The maximum atomic E-state index is 11.9. The van der Waals surface area contributed by atoms with Crippen molar-refractivity contribution >= 4 is 11.8 Å². The van der Waals surface area contributed by atoms with E-state index in [2.05, 4.69) is 15.5 Å². The number of piperazine rings is 1. The van der Waals surface area contributed by atoms with Crippen LogP contribution in [0.4, 0.5) is 0 Å². The summed E-state index contributed by atoms with van der Waals surface area (Å²) in [4.78, 5) is 27.5. The number of nitrogens with one attached hydrogen (secondary N) is 2. The van der Waals surface area contributed by atoms with E-state index in [9.17, 15) is 9.59 Å². The lowest BCUT2D eigenvalue weighted by atomic mass is 10.3. The van der Waals surface area contributed by atoms with E-state index < -0.39 is 0 Å². The molecule has 0 radical (unpaired) electrons. The molecule has 0 aliphatic carbocycles. The molecule has 0 aromatic rings. The normalized spacial score (nSPS) is 16.5. The smallest absolute Gasteiger partial charge is 0.236 e. The fraction of sp³-hybridized carbons (Fsp3) is 0.857. The molecule has 1 heterocycles. The minimum Gasteiger partial charge on any atom is -0.355 e. The van der Waals surface area contributed by atoms with Crippen molar-refractivity contribution in [2.24, 2.45) is 0 Å². The SMILES string of the molecule is CCCNC(=O)CN1CCN(C(=O)CNC(C)C)CC1. The fourth-order valence-electron chi connectivity index (χ4n) is 2.08. The van der Waals surface area contributed by atoms with Gasteiger partial charge in [-0.15, -0.1) is 0 Å². The Kier molecular flexibility index (Phi) is 7.54. The van der Waals surface area contributed by atoms with Crippen LogP contribution in [0.15, 0.2) is 0 Å². The van der Waals surface area contributed by atoms with E-state index in [1.165, 1.54) is 0 Å². The molecule has 6 heteroatoms. The summed E-state index contributed by atoms with van der Waals surface area (Å²) in [5.41, 5.74) is 0. The zero-order valence-corrected chi connectivity index (χ0v) is 12.9. The quantitative estimate of drug-likeness (QED) is 0.671. The number of carbonyl (C=O) groups excluding carboxylic acids is 2. The van der Waals surface area contributed by atoms with E-state index in [1.54, 1.807) is 0 Å². The van der Waals surface area contributed by atoms with Gasteiger partial charge in [0.1, 0.15) is 0 Å². The molecule has 2 N–H and O–H groups in total. The highest BCUT2D eigenvalue weighted by Gasteiger charge is 2.21. The molecule has 0 aromatic heterocycles. The number of amides is 2. The van der Waals surface area contributed by atoms with Crippen molar-refractivity contribution in [3.05, 3.63) is 0 Å². The second-order valence-electron chi connectivity index (χ2n) is 5.54. The first kappa shape index (κ1) is 16.9. The first-order chi connectivity index (χ1) is 9.52. The van der Waals surface area contributed by atoms with E-state index in [0.29, 0.717) is 32.2 Å². The van der Waals surface area contributed by atoms with Gasteiger partial charge in [0.2, 0.25) is 11.8 Å². The van der Waals surface area contributed by atoms with E-state index in [-0.39, 0.29) is 11.8 Å². The van der Waals surface area contributed by atoms with Gasteiger partial charge in [0.05, 0.1) is 13.1 Å². The molecule has 1 fully saturated rings. The Morgan fingerprint density at radius 2 is 1.80 bits per heavy atom. The van der Waals surface area contributed by atoms with Crippen LogP contribution in [0.1, 0.15) is 27.2 Å². The summed E-state index contributed by atoms with van der Waals surface area (Å²) in [6.45, 7) is 10.6. The van der Waals surface area contributed by atoms with Gasteiger partial charge >= 0.3 is 0 Å². The van der Waals surface area contributed by atoms with Crippen molar-refractivity contribution in [1.29, 1.82) is 0 Å². The van der Waals surface area contributed by atoms with Crippen LogP contribution in [0.25, 0.3) is 0 Å². The van der Waals surface area contributed by atoms with Gasteiger partial charge in [0.15, 0.2) is 0 Å². The Labute approximate surface area is 121 Å². The Balaban J connectivity index is 2.22. The highest BCUT2D eigenvalue weighted by atomic mass is 16.2. The van der Waals surface area contributed by atoms with Crippen molar-refractivity contribution < 1.29 is 9.59 Å². The Morgan fingerprint density at radius 1 is 1.15 bits per heavy atom. The second-order valence-corrected chi connectivity index (χ2v) is 5.54. The number of hydrogen-bond donors (Lipinski definition) is 2. The fourth-order valence-corrected chi connectivity index (χ4v) is 2.08. The average molecular weight is 284 g/mol. The van der Waals surface area contributed by atoms with Gasteiger partial charge in [-0.3, -0.25) is 14.5 Å². The Bertz CT molecular complexity index is 312. The highest BCUT2D eigenvalue weighted by Crippen LogP contribution is 2.01. The van der Waals surface area contributed by atoms with Crippen LogP contribution in [-0.2, 0) is 9.59 Å². The summed E-state index contributed by atoms with van der Waals surface area (Å²) >= 11 is 0. The lowest BCUT2D eigenvalue weighted by molar-refractivity contribution is -0.132. The van der Waals surface area contributed by atoms with Gasteiger partial charge < -0.3 is 15.5 Å². The molecule has 6 nitrogen and oxygen atoms in total. The molecular formula is C14H28N4O2. The van der Waals surface area contributed by atoms with E-state index in [0.717, 1.165) is 26.1 Å². The molecular weight excluding hydrogens is 256 g/mol. The van der Waals surface area contributed by atoms with Crippen LogP contribution in [0.2, 0.25) is 0 Å². The predicted octanol–water partition coefficient (Wildman–Crippen LogP) is -0.345. The van der Waals surface area contributed by atoms with E-state index in [4.69, 9.17) is 0 Å². The molecule has 116 valence electrons. The number of rotatable bonds is 7. The molecule has 0 aromatic carbocycles. The molecule has 0 bridgehead atoms. The zero-order valence-electron chi connectivity index (χ0n) is 12.9. The van der Waals surface area contributed by atoms with Crippen molar-refractivity contribution in [3.8, 4) is 0 Å². The molecule has 0 saturated carbocycles. The summed E-state index contributed by atoms with van der Waals surface area (Å²) < 4.78 is 0. The molecule has 1 saturated heterocycles. The Hall–Kier alpha value is -1.14. The molecule has 2 amide bonds. The maximum Gasteiger partial charge on any atom is 0.236 e. The second kappa shape index (κ2) is 8.92. The Morgan fingerprint density at radius 3 is 2.35 bits per heavy atom. The number of carbonyl (C=O) groups is 2. The van der Waals surface area contributed by atoms with Crippen molar-refractivity contribution in [2.45, 2.75) is 33.2 Å². The van der Waals surface area contributed by atoms with Crippen LogP contribution < -0.4 is 10.6 Å². The third kappa shape index (κ3) is 6.34. The number of hydrogen-bond acceptors (Lipinski definition) is 4. The summed E-state index contributed by atoms with van der Waals surface area (Å²) in [6.07, 6.45) is 0.955. The third-order valence-corrected chi connectivity index (χ3v) is 3.33. The summed E-state index contributed by atoms with van der Waals surface area (Å²) in [7, 11) is 0. The maximum absolute atomic E-state index is 11.9. The lowest BCUT2D eigenvalue weighted by Crippen LogP contribution is -2.53. The van der Waals surface area contributed by atoms with Crippen LogP contribution in [0, 0.1) is 0 Å². The summed E-state index contributed by atoms with van der Waals surface area (Å²) in [5, 5.41) is 6.02. The van der Waals surface area contributed by atoms with Crippen molar-refractivity contribution in [2.75, 3.05) is 45.8 Å². The van der Waals surface area contributed by atoms with Crippen LogP contribution in [0.3, 0.4) is 0 Å². The molecule has 0 unspecified atom stereocenters. The van der Waals surface area contributed by atoms with Gasteiger partial charge in [-0.25, -0.2) is 0 Å². The molecule has 20 heavy (non-hydrogen) atoms. The standard InChI is InChI=1S/C14H28N4O2/c1-4-5-15-13(19)11-17-6-8-18(9-7-17)14(20)10-16-12(2)3/h12,16H,4-11H2,1-3H3,(H,15,19). The van der Waals surface area contributed by atoms with Gasteiger partial charge in [-0.05, 0) is 6.42 Å². The van der Waals surface area contributed by atoms with Crippen LogP contribution >= 0.6 is 0 Å². The largest absolute Gasteiger partial charge is 0.355 e. The molecule has 0 atom stereocenters. The van der Waals surface area contributed by atoms with Gasteiger partial charge in [-0.1, -0.05) is 20.8 Å². The highest BCUT2D eigenvalue weighted by molar-refractivity contribution is 5.79. The molecule has 0 spiro atoms. The minimum atomic E-state index is 0.0769. The molecule has 1 aliphatic rings. The van der Waals surface area contributed by atoms with Crippen molar-refractivity contribution in [3.63, 3.8) is 0 Å². The van der Waals surface area contributed by atoms with Crippen molar-refractivity contribution in [1.82, 2.24) is 20.4 Å². The first-order valence-electron chi connectivity index (χ1n) is 7.53. The predicted molar refractivity (Wildman–Crippen MR) is 79.5 cm³/mol. The third-order valence-electron chi connectivity index (χ3n) is 3.33. The van der Waals surface area contributed by atoms with E-state index in [1.807, 2.05) is 25.7 Å². The number of nitrogens with zero attached hydrogens (tertiary/aromatic N) is 2. The monoisotopic (exact) mass is 284 g/mol. The summed E-state index contributed by atoms with van der Waals surface area (Å²) in [5.74, 6) is 0.224. The first-order valence-corrected chi connectivity index (χ1v) is 7.53. The zero-order chi connectivity index (χ0) is 15.0. The molecule has 1 rings (SSSR count).